The van der Waals surface area contributed by atoms with Crippen LogP contribution in [0, 0.1) is 5.92 Å². The van der Waals surface area contributed by atoms with Gasteiger partial charge in [0.1, 0.15) is 12.4 Å². The van der Waals surface area contributed by atoms with Crippen LogP contribution in [0.5, 0.6) is 0 Å². The first-order valence-electron chi connectivity index (χ1n) is 7.30. The summed E-state index contributed by atoms with van der Waals surface area (Å²) in [6.45, 7) is 5.40. The van der Waals surface area contributed by atoms with Crippen LogP contribution in [0.15, 0.2) is 24.4 Å². The fourth-order valence-corrected chi connectivity index (χ4v) is 2.41. The minimum absolute atomic E-state index is 0.0148. The minimum Gasteiger partial charge on any atom is -0.372 e. The van der Waals surface area contributed by atoms with Gasteiger partial charge in [0.25, 0.3) is 0 Å². The van der Waals surface area contributed by atoms with Gasteiger partial charge < -0.3 is 15.0 Å². The van der Waals surface area contributed by atoms with E-state index in [0.717, 1.165) is 38.3 Å². The van der Waals surface area contributed by atoms with Crippen molar-refractivity contribution in [2.24, 2.45) is 5.92 Å². The number of rotatable bonds is 6. The largest absolute Gasteiger partial charge is 0.372 e. The fraction of sp³-hybridized carbons (Fsp3) is 0.600. The molecule has 2 heterocycles. The highest BCUT2D eigenvalue weighted by Gasteiger charge is 2.20. The van der Waals surface area contributed by atoms with E-state index in [4.69, 9.17) is 4.74 Å². The van der Waals surface area contributed by atoms with Crippen LogP contribution in [0.4, 0.5) is 5.82 Å². The number of hydrogen-bond acceptors (Lipinski definition) is 4. The predicted octanol–water partition coefficient (Wildman–Crippen LogP) is 1.45. The van der Waals surface area contributed by atoms with Crippen LogP contribution in [0.2, 0.25) is 0 Å². The SMILES string of the molecule is CCOCC(=O)NCC1CCN(c2ccccn2)CC1. The van der Waals surface area contributed by atoms with Crippen LogP contribution in [-0.4, -0.2) is 43.7 Å². The first-order chi connectivity index (χ1) is 9.79. The van der Waals surface area contributed by atoms with E-state index in [1.165, 1.54) is 0 Å². The Bertz CT molecular complexity index is 403. The molecule has 0 aliphatic carbocycles. The van der Waals surface area contributed by atoms with E-state index in [0.29, 0.717) is 12.5 Å². The summed E-state index contributed by atoms with van der Waals surface area (Å²) in [6, 6.07) is 6.00. The quantitative estimate of drug-likeness (QED) is 0.855. The van der Waals surface area contributed by atoms with Gasteiger partial charge in [0, 0.05) is 32.4 Å². The van der Waals surface area contributed by atoms with Crippen LogP contribution in [0.1, 0.15) is 19.8 Å². The maximum Gasteiger partial charge on any atom is 0.246 e. The Morgan fingerprint density at radius 1 is 1.45 bits per heavy atom. The van der Waals surface area contributed by atoms with E-state index in [9.17, 15) is 4.79 Å². The zero-order chi connectivity index (χ0) is 14.2. The standard InChI is InChI=1S/C15H23N3O2/c1-2-20-12-15(19)17-11-13-6-9-18(10-7-13)14-5-3-4-8-16-14/h3-5,8,13H,2,6-7,9-12H2,1H3,(H,17,19). The van der Waals surface area contributed by atoms with E-state index in [1.54, 1.807) is 0 Å². The Labute approximate surface area is 120 Å². The number of aromatic nitrogens is 1. The number of pyridine rings is 1. The highest BCUT2D eigenvalue weighted by molar-refractivity contribution is 5.77. The summed E-state index contributed by atoms with van der Waals surface area (Å²) >= 11 is 0. The van der Waals surface area contributed by atoms with E-state index < -0.39 is 0 Å². The second-order valence-corrected chi connectivity index (χ2v) is 5.06. The molecule has 5 heteroatoms. The minimum atomic E-state index is -0.0148. The molecule has 1 amide bonds. The Hall–Kier alpha value is -1.62. The molecule has 1 saturated heterocycles. The molecule has 110 valence electrons. The van der Waals surface area contributed by atoms with Gasteiger partial charge >= 0.3 is 0 Å². The Morgan fingerprint density at radius 3 is 2.90 bits per heavy atom. The third-order valence-electron chi connectivity index (χ3n) is 3.61. The average Bonchev–Trinajstić information content (AvgIpc) is 2.52. The van der Waals surface area contributed by atoms with Crippen LogP contribution >= 0.6 is 0 Å². The number of carbonyl (C=O) groups is 1. The molecule has 0 bridgehead atoms. The second kappa shape index (κ2) is 7.85. The van der Waals surface area contributed by atoms with Gasteiger partial charge in [-0.1, -0.05) is 6.07 Å². The van der Waals surface area contributed by atoms with Crippen molar-refractivity contribution in [1.29, 1.82) is 0 Å². The summed E-state index contributed by atoms with van der Waals surface area (Å²) in [5.74, 6) is 1.59. The molecule has 0 aromatic carbocycles. The Morgan fingerprint density at radius 2 is 2.25 bits per heavy atom. The van der Waals surface area contributed by atoms with Crippen LogP contribution in [-0.2, 0) is 9.53 Å². The number of carbonyl (C=O) groups excluding carboxylic acids is 1. The monoisotopic (exact) mass is 277 g/mol. The fourth-order valence-electron chi connectivity index (χ4n) is 2.41. The van der Waals surface area contributed by atoms with Crippen LogP contribution < -0.4 is 10.2 Å². The lowest BCUT2D eigenvalue weighted by molar-refractivity contribution is -0.125. The summed E-state index contributed by atoms with van der Waals surface area (Å²) in [5.41, 5.74) is 0. The van der Waals surface area contributed by atoms with E-state index >= 15 is 0 Å². The first-order valence-corrected chi connectivity index (χ1v) is 7.30. The van der Waals surface area contributed by atoms with Crippen molar-refractivity contribution >= 4 is 11.7 Å². The summed E-state index contributed by atoms with van der Waals surface area (Å²) in [5, 5.41) is 2.94. The maximum atomic E-state index is 11.5. The molecule has 1 aromatic rings. The lowest BCUT2D eigenvalue weighted by Gasteiger charge is -2.32. The molecular weight excluding hydrogens is 254 g/mol. The molecule has 0 unspecified atom stereocenters. The second-order valence-electron chi connectivity index (χ2n) is 5.06. The van der Waals surface area contributed by atoms with Gasteiger partial charge in [0.2, 0.25) is 5.91 Å². The molecule has 20 heavy (non-hydrogen) atoms. The topological polar surface area (TPSA) is 54.5 Å². The van der Waals surface area contributed by atoms with Gasteiger partial charge in [-0.05, 0) is 37.8 Å². The normalized spacial score (nSPS) is 16.1. The third-order valence-corrected chi connectivity index (χ3v) is 3.61. The number of nitrogens with one attached hydrogen (secondary N) is 1. The smallest absolute Gasteiger partial charge is 0.246 e. The average molecular weight is 277 g/mol. The van der Waals surface area contributed by atoms with Gasteiger partial charge in [-0.2, -0.15) is 0 Å². The zero-order valence-corrected chi connectivity index (χ0v) is 12.0. The van der Waals surface area contributed by atoms with E-state index in [1.807, 2.05) is 31.3 Å². The number of amides is 1. The van der Waals surface area contributed by atoms with Crippen molar-refractivity contribution in [2.75, 3.05) is 37.7 Å². The molecule has 1 fully saturated rings. The molecule has 0 radical (unpaired) electrons. The Balaban J connectivity index is 1.68. The van der Waals surface area contributed by atoms with Crippen LogP contribution in [0.3, 0.4) is 0 Å². The molecule has 1 aromatic heterocycles. The number of nitrogens with zero attached hydrogens (tertiary/aromatic N) is 2. The van der Waals surface area contributed by atoms with Crippen molar-refractivity contribution < 1.29 is 9.53 Å². The lowest BCUT2D eigenvalue weighted by atomic mass is 9.97. The summed E-state index contributed by atoms with van der Waals surface area (Å²) in [7, 11) is 0. The molecule has 1 N–H and O–H groups in total. The predicted molar refractivity (Wildman–Crippen MR) is 78.7 cm³/mol. The van der Waals surface area contributed by atoms with Gasteiger partial charge in [-0.3, -0.25) is 4.79 Å². The van der Waals surface area contributed by atoms with Crippen molar-refractivity contribution in [3.05, 3.63) is 24.4 Å². The summed E-state index contributed by atoms with van der Waals surface area (Å²) < 4.78 is 5.08. The third kappa shape index (κ3) is 4.49. The van der Waals surface area contributed by atoms with Crippen molar-refractivity contribution in [2.45, 2.75) is 19.8 Å². The van der Waals surface area contributed by atoms with Gasteiger partial charge in [-0.25, -0.2) is 4.98 Å². The van der Waals surface area contributed by atoms with E-state index in [2.05, 4.69) is 15.2 Å². The summed E-state index contributed by atoms with van der Waals surface area (Å²) in [6.07, 6.45) is 4.01. The molecule has 0 saturated carbocycles. The highest BCUT2D eigenvalue weighted by Crippen LogP contribution is 2.20. The van der Waals surface area contributed by atoms with Gasteiger partial charge in [-0.15, -0.1) is 0 Å². The van der Waals surface area contributed by atoms with Crippen molar-refractivity contribution in [3.63, 3.8) is 0 Å². The number of anilines is 1. The lowest BCUT2D eigenvalue weighted by Crippen LogP contribution is -2.39. The number of piperidine rings is 1. The number of ether oxygens (including phenoxy) is 1. The van der Waals surface area contributed by atoms with E-state index in [-0.39, 0.29) is 12.5 Å². The first kappa shape index (κ1) is 14.8. The molecule has 2 rings (SSSR count). The molecule has 1 aliphatic rings. The van der Waals surface area contributed by atoms with Crippen molar-refractivity contribution in [3.8, 4) is 0 Å². The molecule has 0 spiro atoms. The highest BCUT2D eigenvalue weighted by atomic mass is 16.5. The summed E-state index contributed by atoms with van der Waals surface area (Å²) in [4.78, 5) is 18.2. The maximum absolute atomic E-state index is 11.5. The molecular formula is C15H23N3O2. The number of hydrogen-bond donors (Lipinski definition) is 1. The Kier molecular flexibility index (Phi) is 5.80. The van der Waals surface area contributed by atoms with Gasteiger partial charge in [0.05, 0.1) is 0 Å². The zero-order valence-electron chi connectivity index (χ0n) is 12.0. The van der Waals surface area contributed by atoms with Crippen molar-refractivity contribution in [1.82, 2.24) is 10.3 Å². The van der Waals surface area contributed by atoms with Crippen LogP contribution in [0.25, 0.3) is 0 Å². The van der Waals surface area contributed by atoms with Gasteiger partial charge in [0.15, 0.2) is 0 Å². The molecule has 5 nitrogen and oxygen atoms in total. The molecule has 0 atom stereocenters. The molecule has 1 aliphatic heterocycles.